The van der Waals surface area contributed by atoms with Gasteiger partial charge in [0.1, 0.15) is 5.78 Å². The lowest BCUT2D eigenvalue weighted by Gasteiger charge is -2.61. The van der Waals surface area contributed by atoms with Gasteiger partial charge in [-0.1, -0.05) is 26.3 Å². The number of Topliss-reactive ketones (excluding diaryl/α,β-unsaturated/α-hetero) is 1. The van der Waals surface area contributed by atoms with Crippen LogP contribution in [0.3, 0.4) is 0 Å². The van der Waals surface area contributed by atoms with E-state index in [-0.39, 0.29) is 0 Å². The molecule has 140 valence electrons. The average molecular weight is 343 g/mol. The lowest BCUT2D eigenvalue weighted by atomic mass is 9.43. The number of hydrogen-bond donors (Lipinski definition) is 0. The van der Waals surface area contributed by atoms with Crippen molar-refractivity contribution in [2.24, 2.45) is 39.9 Å². The normalized spacial score (nSPS) is 52.2. The molecular weight excluding hydrogens is 304 g/mol. The van der Waals surface area contributed by atoms with E-state index in [4.69, 9.17) is 0 Å². The van der Waals surface area contributed by atoms with Crippen molar-refractivity contribution in [3.63, 3.8) is 0 Å². The van der Waals surface area contributed by atoms with Crippen molar-refractivity contribution < 1.29 is 4.79 Å². The summed E-state index contributed by atoms with van der Waals surface area (Å²) in [7, 11) is 0. The van der Waals surface area contributed by atoms with Crippen LogP contribution in [0.1, 0.15) is 91.9 Å². The summed E-state index contributed by atoms with van der Waals surface area (Å²) in [6.45, 7) is 14.2. The molecule has 0 aliphatic heterocycles. The van der Waals surface area contributed by atoms with Crippen molar-refractivity contribution in [2.45, 2.75) is 91.9 Å². The third-order valence-electron chi connectivity index (χ3n) is 9.95. The van der Waals surface area contributed by atoms with Crippen LogP contribution in [-0.2, 0) is 4.79 Å². The van der Waals surface area contributed by atoms with E-state index >= 15 is 0 Å². The van der Waals surface area contributed by atoms with Gasteiger partial charge in [0.05, 0.1) is 0 Å². The van der Waals surface area contributed by atoms with Crippen LogP contribution < -0.4 is 0 Å². The maximum atomic E-state index is 12.0. The van der Waals surface area contributed by atoms with Crippen molar-refractivity contribution >= 4 is 5.78 Å². The molecule has 4 rings (SSSR count). The van der Waals surface area contributed by atoms with Crippen LogP contribution in [0.2, 0.25) is 0 Å². The smallest absolute Gasteiger partial charge is 0.133 e. The van der Waals surface area contributed by atoms with Gasteiger partial charge in [0.2, 0.25) is 0 Å². The molecule has 0 radical (unpaired) electrons. The summed E-state index contributed by atoms with van der Waals surface area (Å²) in [5, 5.41) is 0. The maximum absolute atomic E-state index is 12.0. The predicted molar refractivity (Wildman–Crippen MR) is 104 cm³/mol. The molecule has 0 bridgehead atoms. The number of carbonyl (C=O) groups is 1. The summed E-state index contributed by atoms with van der Waals surface area (Å²) < 4.78 is 0. The molecule has 0 amide bonds. The molecule has 2 unspecified atom stereocenters. The Balaban J connectivity index is 1.62. The maximum Gasteiger partial charge on any atom is 0.133 e. The summed E-state index contributed by atoms with van der Waals surface area (Å²) in [6.07, 6.45) is 12.5. The third-order valence-corrected chi connectivity index (χ3v) is 9.95. The third kappa shape index (κ3) is 2.43. The zero-order chi connectivity index (χ0) is 18.0. The van der Waals surface area contributed by atoms with E-state index in [9.17, 15) is 4.79 Å². The van der Waals surface area contributed by atoms with Gasteiger partial charge in [-0.3, -0.25) is 4.79 Å². The Hall–Kier alpha value is -0.590. The van der Waals surface area contributed by atoms with Crippen LogP contribution in [-0.4, -0.2) is 5.78 Å². The van der Waals surface area contributed by atoms with Crippen LogP contribution in [0.15, 0.2) is 12.2 Å². The van der Waals surface area contributed by atoms with E-state index in [1.54, 1.807) is 0 Å². The SMILES string of the molecule is C=C(C)C[C@@]1(C)CC[C@H]2C3CCC4CC(=O)CC[C@]4(C)[C@H]3CC[C@@]21C. The first-order valence-electron chi connectivity index (χ1n) is 10.9. The summed E-state index contributed by atoms with van der Waals surface area (Å²) in [5.41, 5.74) is 2.77. The second-order valence-electron chi connectivity index (χ2n) is 11.1. The minimum Gasteiger partial charge on any atom is -0.300 e. The largest absolute Gasteiger partial charge is 0.300 e. The van der Waals surface area contributed by atoms with Crippen molar-refractivity contribution in [2.75, 3.05) is 0 Å². The second kappa shape index (κ2) is 5.70. The fourth-order valence-electron chi connectivity index (χ4n) is 8.36. The molecule has 4 fully saturated rings. The summed E-state index contributed by atoms with van der Waals surface area (Å²) >= 11 is 0. The molecule has 4 aliphatic rings. The summed E-state index contributed by atoms with van der Waals surface area (Å²) in [4.78, 5) is 12.0. The highest BCUT2D eigenvalue weighted by atomic mass is 16.1. The predicted octanol–water partition coefficient (Wildman–Crippen LogP) is 6.57. The highest BCUT2D eigenvalue weighted by molar-refractivity contribution is 5.79. The number of hydrogen-bond acceptors (Lipinski definition) is 1. The van der Waals surface area contributed by atoms with Crippen molar-refractivity contribution in [3.05, 3.63) is 12.2 Å². The van der Waals surface area contributed by atoms with Gasteiger partial charge in [-0.2, -0.15) is 0 Å². The summed E-state index contributed by atoms with van der Waals surface area (Å²) in [5.74, 6) is 3.93. The van der Waals surface area contributed by atoms with Gasteiger partial charge in [0, 0.05) is 12.8 Å². The first-order chi connectivity index (χ1) is 11.7. The highest BCUT2D eigenvalue weighted by Gasteiger charge is 2.63. The standard InChI is InChI=1S/C24H38O/c1-16(2)15-22(3)11-9-21-19-7-6-17-14-18(25)8-12-23(17,4)20(19)10-13-24(21,22)5/h17,19-21H,1,6-15H2,2-5H3/t17?,19?,20-,21-,22+,23-,24-/m0/s1. The molecule has 7 atom stereocenters. The Morgan fingerprint density at radius 1 is 1.04 bits per heavy atom. The molecule has 0 heterocycles. The van der Waals surface area contributed by atoms with E-state index in [1.807, 2.05) is 0 Å². The van der Waals surface area contributed by atoms with Gasteiger partial charge in [-0.25, -0.2) is 0 Å². The lowest BCUT2D eigenvalue weighted by molar-refractivity contribution is -0.143. The zero-order valence-corrected chi connectivity index (χ0v) is 17.0. The Bertz CT molecular complexity index is 591. The first kappa shape index (κ1) is 17.8. The van der Waals surface area contributed by atoms with Crippen LogP contribution in [0.5, 0.6) is 0 Å². The van der Waals surface area contributed by atoms with Crippen LogP contribution in [0.4, 0.5) is 0 Å². The van der Waals surface area contributed by atoms with E-state index in [1.165, 1.54) is 56.9 Å². The molecule has 0 N–H and O–H groups in total. The molecule has 25 heavy (non-hydrogen) atoms. The van der Waals surface area contributed by atoms with E-state index in [0.29, 0.717) is 27.9 Å². The average Bonchev–Trinajstić information content (AvgIpc) is 2.79. The Kier molecular flexibility index (Phi) is 4.06. The molecule has 0 aromatic carbocycles. The monoisotopic (exact) mass is 342 g/mol. The quantitative estimate of drug-likeness (QED) is 0.519. The van der Waals surface area contributed by atoms with E-state index < -0.39 is 0 Å². The van der Waals surface area contributed by atoms with Crippen LogP contribution >= 0.6 is 0 Å². The number of carbonyl (C=O) groups excluding carboxylic acids is 1. The fraction of sp³-hybridized carbons (Fsp3) is 0.875. The lowest BCUT2D eigenvalue weighted by Crippen LogP contribution is -2.54. The van der Waals surface area contributed by atoms with Gasteiger partial charge in [0.15, 0.2) is 0 Å². The number of rotatable bonds is 2. The number of ketones is 1. The molecule has 0 aromatic rings. The molecule has 0 saturated heterocycles. The summed E-state index contributed by atoms with van der Waals surface area (Å²) in [6, 6.07) is 0. The topological polar surface area (TPSA) is 17.1 Å². The van der Waals surface area contributed by atoms with Gasteiger partial charge in [0.25, 0.3) is 0 Å². The Morgan fingerprint density at radius 3 is 2.48 bits per heavy atom. The second-order valence-corrected chi connectivity index (χ2v) is 11.1. The fourth-order valence-corrected chi connectivity index (χ4v) is 8.36. The number of allylic oxidation sites excluding steroid dienone is 1. The molecule has 1 heteroatoms. The Morgan fingerprint density at radius 2 is 1.76 bits per heavy atom. The van der Waals surface area contributed by atoms with Gasteiger partial charge >= 0.3 is 0 Å². The van der Waals surface area contributed by atoms with Gasteiger partial charge in [-0.15, -0.1) is 6.58 Å². The van der Waals surface area contributed by atoms with Crippen LogP contribution in [0, 0.1) is 39.9 Å². The van der Waals surface area contributed by atoms with Crippen molar-refractivity contribution in [1.29, 1.82) is 0 Å². The molecule has 4 aliphatic carbocycles. The molecule has 0 aromatic heterocycles. The minimum atomic E-state index is 0.450. The van der Waals surface area contributed by atoms with Crippen molar-refractivity contribution in [3.8, 4) is 0 Å². The molecular formula is C24H38O. The van der Waals surface area contributed by atoms with Crippen molar-refractivity contribution in [1.82, 2.24) is 0 Å². The minimum absolute atomic E-state index is 0.450. The van der Waals surface area contributed by atoms with Crippen LogP contribution in [0.25, 0.3) is 0 Å². The first-order valence-corrected chi connectivity index (χ1v) is 10.9. The molecule has 0 spiro atoms. The number of fused-ring (bicyclic) bond motifs is 5. The van der Waals surface area contributed by atoms with E-state index in [2.05, 4.69) is 34.3 Å². The van der Waals surface area contributed by atoms with E-state index in [0.717, 1.165) is 30.6 Å². The molecule has 4 saturated carbocycles. The highest BCUT2D eigenvalue weighted by Crippen LogP contribution is 2.71. The molecule has 1 nitrogen and oxygen atoms in total. The van der Waals surface area contributed by atoms with Gasteiger partial charge < -0.3 is 0 Å². The zero-order valence-electron chi connectivity index (χ0n) is 17.0. The van der Waals surface area contributed by atoms with Gasteiger partial charge in [-0.05, 0) is 98.2 Å². The Labute approximate surface area is 155 Å².